The highest BCUT2D eigenvalue weighted by atomic mass is 16.4. The summed E-state index contributed by atoms with van der Waals surface area (Å²) < 4.78 is 0. The molecule has 2 N–H and O–H groups in total. The summed E-state index contributed by atoms with van der Waals surface area (Å²) in [4.78, 5) is 23.4. The first kappa shape index (κ1) is 14.3. The van der Waals surface area contributed by atoms with Crippen molar-refractivity contribution in [3.63, 3.8) is 0 Å². The Morgan fingerprint density at radius 3 is 2.85 bits per heavy atom. The highest BCUT2D eigenvalue weighted by molar-refractivity contribution is 5.84. The molecule has 0 aliphatic carbocycles. The van der Waals surface area contributed by atoms with Crippen molar-refractivity contribution in [2.24, 2.45) is 0 Å². The molecule has 2 atom stereocenters. The third-order valence-corrected chi connectivity index (χ3v) is 3.42. The van der Waals surface area contributed by atoms with Crippen LogP contribution < -0.4 is 15.3 Å². The van der Waals surface area contributed by atoms with E-state index in [1.54, 1.807) is 0 Å². The molecule has 0 aromatic heterocycles. The Morgan fingerprint density at radius 2 is 2.15 bits per heavy atom. The first-order valence-corrected chi connectivity index (χ1v) is 6.70. The van der Waals surface area contributed by atoms with Crippen LogP contribution in [-0.4, -0.2) is 37.6 Å². The number of amides is 1. The molecule has 1 aliphatic heterocycles. The van der Waals surface area contributed by atoms with E-state index in [0.717, 1.165) is 17.0 Å². The largest absolute Gasteiger partial charge is 0.550 e. The Hall–Kier alpha value is -2.14. The maximum absolute atomic E-state index is 11.7. The van der Waals surface area contributed by atoms with Gasteiger partial charge in [0, 0.05) is 12.4 Å². The summed E-state index contributed by atoms with van der Waals surface area (Å²) >= 11 is 0. The fourth-order valence-electron chi connectivity index (χ4n) is 2.39. The molecule has 0 spiro atoms. The van der Waals surface area contributed by atoms with Gasteiger partial charge >= 0.3 is 0 Å². The Balaban J connectivity index is 1.97. The number of carbonyl (C=O) groups is 2. The second-order valence-corrected chi connectivity index (χ2v) is 4.85. The highest BCUT2D eigenvalue weighted by Gasteiger charge is 2.32. The van der Waals surface area contributed by atoms with Crippen LogP contribution in [0.2, 0.25) is 0 Å². The second-order valence-electron chi connectivity index (χ2n) is 4.85. The van der Waals surface area contributed by atoms with Crippen LogP contribution >= 0.6 is 0 Å². The van der Waals surface area contributed by atoms with Gasteiger partial charge in [-0.25, -0.2) is 0 Å². The van der Waals surface area contributed by atoms with E-state index in [-0.39, 0.29) is 12.3 Å². The van der Waals surface area contributed by atoms with Crippen LogP contribution in [-0.2, 0) is 9.59 Å². The number of hydrogen-bond acceptors (Lipinski definition) is 3. The summed E-state index contributed by atoms with van der Waals surface area (Å²) in [7, 11) is 0. The molecule has 1 heterocycles. The molecule has 1 aromatic rings. The maximum Gasteiger partial charge on any atom is 0.278 e. The topological polar surface area (TPSA) is 73.7 Å². The summed E-state index contributed by atoms with van der Waals surface area (Å²) in [6.07, 6.45) is 3.72. The summed E-state index contributed by atoms with van der Waals surface area (Å²) in [6, 6.07) is 9.29. The number of quaternary nitrogens is 1. The molecule has 1 fully saturated rings. The van der Waals surface area contributed by atoms with Crippen LogP contribution in [0.3, 0.4) is 0 Å². The molecule has 5 heteroatoms. The average Bonchev–Trinajstić information content (AvgIpc) is 2.43. The maximum atomic E-state index is 11.7. The van der Waals surface area contributed by atoms with Crippen LogP contribution in [0.15, 0.2) is 36.4 Å². The standard InChI is InChI=1S/C15H18N2O3/c18-14(19)11-13-15(20)16-8-10-17(13)9-4-7-12-5-2-1-3-6-12/h1-7,13H,8-11H2,(H,16,20)(H,18,19)/b7-4+. The number of piperazine rings is 1. The van der Waals surface area contributed by atoms with Gasteiger partial charge in [0.05, 0.1) is 19.6 Å². The number of rotatable bonds is 5. The molecule has 1 saturated heterocycles. The van der Waals surface area contributed by atoms with E-state index in [1.807, 2.05) is 42.5 Å². The van der Waals surface area contributed by atoms with Gasteiger partial charge in [-0.15, -0.1) is 0 Å². The van der Waals surface area contributed by atoms with E-state index in [2.05, 4.69) is 5.32 Å². The Labute approximate surface area is 117 Å². The van der Waals surface area contributed by atoms with E-state index >= 15 is 0 Å². The van der Waals surface area contributed by atoms with Crippen LogP contribution in [0.25, 0.3) is 6.08 Å². The molecule has 5 nitrogen and oxygen atoms in total. The lowest BCUT2D eigenvalue weighted by Gasteiger charge is -2.31. The molecule has 2 rings (SSSR count). The van der Waals surface area contributed by atoms with Gasteiger partial charge in [0.25, 0.3) is 5.91 Å². The highest BCUT2D eigenvalue weighted by Crippen LogP contribution is 2.00. The molecule has 2 unspecified atom stereocenters. The predicted molar refractivity (Wildman–Crippen MR) is 72.6 cm³/mol. The van der Waals surface area contributed by atoms with Gasteiger partial charge < -0.3 is 20.1 Å². The predicted octanol–water partition coefficient (Wildman–Crippen LogP) is -1.78. The number of carbonyl (C=O) groups excluding carboxylic acids is 2. The van der Waals surface area contributed by atoms with Crippen molar-refractivity contribution in [1.82, 2.24) is 5.32 Å². The Kier molecular flexibility index (Phi) is 4.90. The van der Waals surface area contributed by atoms with E-state index in [0.29, 0.717) is 13.1 Å². The smallest absolute Gasteiger partial charge is 0.278 e. The van der Waals surface area contributed by atoms with Crippen LogP contribution in [0.1, 0.15) is 12.0 Å². The monoisotopic (exact) mass is 274 g/mol. The molecule has 1 aromatic carbocycles. The molecule has 106 valence electrons. The third kappa shape index (κ3) is 3.93. The molecular weight excluding hydrogens is 256 g/mol. The minimum Gasteiger partial charge on any atom is -0.550 e. The fraction of sp³-hybridized carbons (Fsp3) is 0.333. The van der Waals surface area contributed by atoms with Crippen molar-refractivity contribution in [1.29, 1.82) is 0 Å². The summed E-state index contributed by atoms with van der Waals surface area (Å²) in [5.74, 6) is -1.39. The van der Waals surface area contributed by atoms with Crippen LogP contribution in [0, 0.1) is 0 Å². The number of hydrogen-bond donors (Lipinski definition) is 2. The van der Waals surface area contributed by atoms with Crippen molar-refractivity contribution in [3.05, 3.63) is 42.0 Å². The zero-order chi connectivity index (χ0) is 14.4. The zero-order valence-electron chi connectivity index (χ0n) is 11.2. The second kappa shape index (κ2) is 6.86. The first-order chi connectivity index (χ1) is 9.66. The quantitative estimate of drug-likeness (QED) is 0.667. The lowest BCUT2D eigenvalue weighted by Crippen LogP contribution is -3.19. The SMILES string of the molecule is O=C([O-])CC1C(=O)NCC[NH+]1C/C=C/c1ccccc1. The van der Waals surface area contributed by atoms with Gasteiger partial charge in [0.1, 0.15) is 0 Å². The zero-order valence-corrected chi connectivity index (χ0v) is 11.2. The van der Waals surface area contributed by atoms with Gasteiger partial charge in [-0.2, -0.15) is 0 Å². The number of benzene rings is 1. The van der Waals surface area contributed by atoms with Gasteiger partial charge in [-0.1, -0.05) is 36.4 Å². The van der Waals surface area contributed by atoms with Gasteiger partial charge in [-0.05, 0) is 11.6 Å². The summed E-state index contributed by atoms with van der Waals surface area (Å²) in [6.45, 7) is 1.93. The molecule has 20 heavy (non-hydrogen) atoms. The average molecular weight is 274 g/mol. The number of aliphatic carboxylic acids is 1. The summed E-state index contributed by atoms with van der Waals surface area (Å²) in [5.41, 5.74) is 1.09. The van der Waals surface area contributed by atoms with Crippen molar-refractivity contribution in [2.75, 3.05) is 19.6 Å². The molecule has 1 amide bonds. The fourth-order valence-corrected chi connectivity index (χ4v) is 2.39. The van der Waals surface area contributed by atoms with Crippen molar-refractivity contribution in [3.8, 4) is 0 Å². The minimum absolute atomic E-state index is 0.205. The van der Waals surface area contributed by atoms with E-state index in [9.17, 15) is 14.7 Å². The number of carboxylic acids is 1. The van der Waals surface area contributed by atoms with Crippen molar-refractivity contribution in [2.45, 2.75) is 12.5 Å². The minimum atomic E-state index is -1.18. The van der Waals surface area contributed by atoms with Crippen molar-refractivity contribution < 1.29 is 19.6 Å². The third-order valence-electron chi connectivity index (χ3n) is 3.42. The number of carboxylic acid groups (broad SMARTS) is 1. The van der Waals surface area contributed by atoms with Gasteiger partial charge in [0.15, 0.2) is 6.04 Å². The van der Waals surface area contributed by atoms with E-state index in [4.69, 9.17) is 0 Å². The molecule has 1 aliphatic rings. The summed E-state index contributed by atoms with van der Waals surface area (Å²) in [5, 5.41) is 13.4. The van der Waals surface area contributed by atoms with E-state index in [1.165, 1.54) is 0 Å². The lowest BCUT2D eigenvalue weighted by molar-refractivity contribution is -0.911. The van der Waals surface area contributed by atoms with Gasteiger partial charge in [0.2, 0.25) is 0 Å². The first-order valence-electron chi connectivity index (χ1n) is 6.70. The van der Waals surface area contributed by atoms with E-state index < -0.39 is 12.0 Å². The van der Waals surface area contributed by atoms with Gasteiger partial charge in [-0.3, -0.25) is 4.79 Å². The van der Waals surface area contributed by atoms with Crippen LogP contribution in [0.4, 0.5) is 0 Å². The number of nitrogens with one attached hydrogen (secondary N) is 2. The molecular formula is C15H18N2O3. The lowest BCUT2D eigenvalue weighted by atomic mass is 10.1. The molecule has 0 saturated carbocycles. The van der Waals surface area contributed by atoms with Crippen molar-refractivity contribution >= 4 is 18.0 Å². The van der Waals surface area contributed by atoms with Crippen LogP contribution in [0.5, 0.6) is 0 Å². The Bertz CT molecular complexity index is 499. The molecule has 0 bridgehead atoms. The molecule has 0 radical (unpaired) electrons. The normalized spacial score (nSPS) is 22.7. The Morgan fingerprint density at radius 1 is 1.40 bits per heavy atom.